The van der Waals surface area contributed by atoms with E-state index in [9.17, 15) is 0 Å². The SMILES string of the molecule is CNCC1CCN(c2ncc(C)cc2Br)CC1. The fourth-order valence-corrected chi connectivity index (χ4v) is 3.11. The third-order valence-corrected chi connectivity index (χ3v) is 3.95. The molecule has 1 aliphatic rings. The highest BCUT2D eigenvalue weighted by molar-refractivity contribution is 9.10. The van der Waals surface area contributed by atoms with Crippen molar-refractivity contribution in [3.05, 3.63) is 22.3 Å². The Hall–Kier alpha value is -0.610. The first kappa shape index (κ1) is 12.8. The van der Waals surface area contributed by atoms with E-state index in [1.807, 2.05) is 13.2 Å². The Bertz CT molecular complexity index is 373. The number of halogens is 1. The van der Waals surface area contributed by atoms with Gasteiger partial charge in [-0.2, -0.15) is 0 Å². The van der Waals surface area contributed by atoms with Gasteiger partial charge in [-0.3, -0.25) is 0 Å². The van der Waals surface area contributed by atoms with Crippen LogP contribution in [0.4, 0.5) is 5.82 Å². The fourth-order valence-electron chi connectivity index (χ4n) is 2.40. The van der Waals surface area contributed by atoms with Crippen molar-refractivity contribution in [2.45, 2.75) is 19.8 Å². The first-order chi connectivity index (χ1) is 8.20. The highest BCUT2D eigenvalue weighted by atomic mass is 79.9. The number of hydrogen-bond acceptors (Lipinski definition) is 3. The zero-order valence-corrected chi connectivity index (χ0v) is 12.1. The molecular weight excluding hydrogens is 278 g/mol. The minimum atomic E-state index is 0.820. The molecule has 0 spiro atoms. The van der Waals surface area contributed by atoms with Crippen molar-refractivity contribution < 1.29 is 0 Å². The molecule has 2 heterocycles. The molecule has 0 bridgehead atoms. The number of aromatic nitrogens is 1. The first-order valence-corrected chi connectivity index (χ1v) is 7.01. The maximum Gasteiger partial charge on any atom is 0.142 e. The van der Waals surface area contributed by atoms with E-state index in [2.05, 4.69) is 44.1 Å². The van der Waals surface area contributed by atoms with E-state index in [0.29, 0.717) is 0 Å². The molecule has 2 rings (SSSR count). The van der Waals surface area contributed by atoms with Crippen molar-refractivity contribution in [2.24, 2.45) is 5.92 Å². The van der Waals surface area contributed by atoms with Gasteiger partial charge in [-0.25, -0.2) is 4.98 Å². The maximum absolute atomic E-state index is 4.54. The molecule has 0 aliphatic carbocycles. The van der Waals surface area contributed by atoms with Gasteiger partial charge in [0, 0.05) is 19.3 Å². The lowest BCUT2D eigenvalue weighted by atomic mass is 9.97. The van der Waals surface area contributed by atoms with E-state index in [4.69, 9.17) is 0 Å². The Labute approximate surface area is 112 Å². The summed E-state index contributed by atoms with van der Waals surface area (Å²) in [5, 5.41) is 3.27. The van der Waals surface area contributed by atoms with Gasteiger partial charge in [0.1, 0.15) is 5.82 Å². The first-order valence-electron chi connectivity index (χ1n) is 6.22. The summed E-state index contributed by atoms with van der Waals surface area (Å²) < 4.78 is 1.12. The Morgan fingerprint density at radius 3 is 2.76 bits per heavy atom. The Balaban J connectivity index is 2.00. The molecule has 1 saturated heterocycles. The molecule has 17 heavy (non-hydrogen) atoms. The summed E-state index contributed by atoms with van der Waals surface area (Å²) in [5.74, 6) is 1.92. The van der Waals surface area contributed by atoms with Crippen molar-refractivity contribution in [3.63, 3.8) is 0 Å². The highest BCUT2D eigenvalue weighted by Crippen LogP contribution is 2.28. The summed E-state index contributed by atoms with van der Waals surface area (Å²) in [6, 6.07) is 2.14. The molecule has 1 aromatic rings. The van der Waals surface area contributed by atoms with Gasteiger partial charge >= 0.3 is 0 Å². The van der Waals surface area contributed by atoms with Gasteiger partial charge in [0.2, 0.25) is 0 Å². The largest absolute Gasteiger partial charge is 0.356 e. The average Bonchev–Trinajstić information content (AvgIpc) is 2.31. The van der Waals surface area contributed by atoms with Crippen molar-refractivity contribution in [3.8, 4) is 0 Å². The third kappa shape index (κ3) is 3.19. The lowest BCUT2D eigenvalue weighted by molar-refractivity contribution is 0.392. The monoisotopic (exact) mass is 297 g/mol. The molecule has 94 valence electrons. The molecule has 1 aromatic heterocycles. The van der Waals surface area contributed by atoms with Crippen LogP contribution in [0.3, 0.4) is 0 Å². The topological polar surface area (TPSA) is 28.2 Å². The number of rotatable bonds is 3. The summed E-state index contributed by atoms with van der Waals surface area (Å²) in [6.45, 7) is 5.43. The Kier molecular flexibility index (Phi) is 4.40. The molecule has 1 aliphatic heterocycles. The van der Waals surface area contributed by atoms with Gasteiger partial charge in [0.15, 0.2) is 0 Å². The number of nitrogens with one attached hydrogen (secondary N) is 1. The fraction of sp³-hybridized carbons (Fsp3) is 0.615. The second kappa shape index (κ2) is 5.83. The van der Waals surface area contributed by atoms with Crippen LogP contribution in [0.25, 0.3) is 0 Å². The van der Waals surface area contributed by atoms with E-state index in [1.165, 1.54) is 18.4 Å². The highest BCUT2D eigenvalue weighted by Gasteiger charge is 2.20. The van der Waals surface area contributed by atoms with Crippen LogP contribution in [-0.4, -0.2) is 31.7 Å². The Morgan fingerprint density at radius 2 is 2.18 bits per heavy atom. The van der Waals surface area contributed by atoms with Crippen LogP contribution in [0.15, 0.2) is 16.7 Å². The predicted octanol–water partition coefficient (Wildman–Crippen LogP) is 2.59. The molecule has 0 amide bonds. The second-order valence-corrected chi connectivity index (χ2v) is 5.66. The predicted molar refractivity (Wildman–Crippen MR) is 75.5 cm³/mol. The summed E-state index contributed by atoms with van der Waals surface area (Å²) in [7, 11) is 2.03. The normalized spacial score (nSPS) is 17.5. The quantitative estimate of drug-likeness (QED) is 0.929. The van der Waals surface area contributed by atoms with Crippen molar-refractivity contribution in [1.29, 1.82) is 0 Å². The second-order valence-electron chi connectivity index (χ2n) is 4.81. The summed E-state index contributed by atoms with van der Waals surface area (Å²) >= 11 is 3.61. The van der Waals surface area contributed by atoms with Crippen LogP contribution in [0.2, 0.25) is 0 Å². The van der Waals surface area contributed by atoms with Crippen molar-refractivity contribution >= 4 is 21.7 Å². The van der Waals surface area contributed by atoms with Gasteiger partial charge in [-0.05, 0) is 66.8 Å². The lowest BCUT2D eigenvalue weighted by Gasteiger charge is -2.33. The molecule has 3 nitrogen and oxygen atoms in total. The van der Waals surface area contributed by atoms with Crippen LogP contribution in [0.5, 0.6) is 0 Å². The van der Waals surface area contributed by atoms with Gasteiger partial charge in [-0.1, -0.05) is 0 Å². The van der Waals surface area contributed by atoms with Gasteiger partial charge < -0.3 is 10.2 Å². The number of piperidine rings is 1. The molecule has 1 N–H and O–H groups in total. The lowest BCUT2D eigenvalue weighted by Crippen LogP contribution is -2.37. The Morgan fingerprint density at radius 1 is 1.47 bits per heavy atom. The number of anilines is 1. The van der Waals surface area contributed by atoms with Gasteiger partial charge in [-0.15, -0.1) is 0 Å². The van der Waals surface area contributed by atoms with E-state index < -0.39 is 0 Å². The molecule has 4 heteroatoms. The van der Waals surface area contributed by atoms with Crippen LogP contribution in [0.1, 0.15) is 18.4 Å². The number of aryl methyl sites for hydroxylation is 1. The number of hydrogen-bond donors (Lipinski definition) is 1. The van der Waals surface area contributed by atoms with E-state index >= 15 is 0 Å². The molecule has 0 radical (unpaired) electrons. The number of nitrogens with zero attached hydrogens (tertiary/aromatic N) is 2. The van der Waals surface area contributed by atoms with Crippen LogP contribution < -0.4 is 10.2 Å². The van der Waals surface area contributed by atoms with Gasteiger partial charge in [0.05, 0.1) is 4.47 Å². The van der Waals surface area contributed by atoms with Crippen molar-refractivity contribution in [2.75, 3.05) is 31.6 Å². The minimum Gasteiger partial charge on any atom is -0.356 e. The molecule has 0 saturated carbocycles. The maximum atomic E-state index is 4.54. The standard InChI is InChI=1S/C13H20BrN3/c1-10-7-12(14)13(16-8-10)17-5-3-11(4-6-17)9-15-2/h7-8,11,15H,3-6,9H2,1-2H3. The van der Waals surface area contributed by atoms with E-state index in [0.717, 1.165) is 35.8 Å². The minimum absolute atomic E-state index is 0.820. The summed E-state index contributed by atoms with van der Waals surface area (Å²) in [5.41, 5.74) is 1.20. The van der Waals surface area contributed by atoms with Gasteiger partial charge in [0.25, 0.3) is 0 Å². The summed E-state index contributed by atoms with van der Waals surface area (Å²) in [4.78, 5) is 6.92. The molecule has 1 fully saturated rings. The average molecular weight is 298 g/mol. The molecule has 0 aromatic carbocycles. The zero-order chi connectivity index (χ0) is 12.3. The molecular formula is C13H20BrN3. The van der Waals surface area contributed by atoms with E-state index in [-0.39, 0.29) is 0 Å². The smallest absolute Gasteiger partial charge is 0.142 e. The van der Waals surface area contributed by atoms with E-state index in [1.54, 1.807) is 0 Å². The zero-order valence-electron chi connectivity index (χ0n) is 10.5. The van der Waals surface area contributed by atoms with Crippen LogP contribution in [0, 0.1) is 12.8 Å². The van der Waals surface area contributed by atoms with Crippen LogP contribution >= 0.6 is 15.9 Å². The van der Waals surface area contributed by atoms with Crippen LogP contribution in [-0.2, 0) is 0 Å². The third-order valence-electron chi connectivity index (χ3n) is 3.37. The number of pyridine rings is 1. The summed E-state index contributed by atoms with van der Waals surface area (Å²) in [6.07, 6.45) is 4.45. The van der Waals surface area contributed by atoms with Crippen molar-refractivity contribution in [1.82, 2.24) is 10.3 Å². The molecule has 0 atom stereocenters. The molecule has 0 unspecified atom stereocenters.